The SMILES string of the molecule is C[C@@H](Cc1ccccc1)C(=O)CCc1cccc(Cl)c1F.C[C@@H](Cc1ccccc1)C(=O)O.NC(=O)c1nn(CC(=O)N[C@@H](Cc2ccccc2)C(=O)CCc2cccc(Cl)c2F)c2ccccc12.NC(=O)c1nn(CC(=O)O)c2ccccc12.NCc1cccc(Cl)c1F.N[C@@H](Cc1ccccc1)C(=O)CCc1cccc(Cl)c1F. The van der Waals surface area contributed by atoms with Gasteiger partial charge in [-0.15, -0.1) is 0 Å². The largest absolute Gasteiger partial charge is 0.481 e. The number of nitrogens with one attached hydrogen (secondary N) is 1. The van der Waals surface area contributed by atoms with Gasteiger partial charge in [-0.25, -0.2) is 17.6 Å². The predicted octanol–water partition coefficient (Wildman–Crippen LogP) is 16.4. The number of aromatic nitrogens is 4. The minimum atomic E-state index is -1.02. The van der Waals surface area contributed by atoms with Crippen molar-refractivity contribution in [2.24, 2.45) is 34.8 Å². The Morgan fingerprint density at radius 2 is 0.733 bits per heavy atom. The molecule has 0 saturated carbocycles. The highest BCUT2D eigenvalue weighted by Crippen LogP contribution is 2.26. The number of carbonyl (C=O) groups excluding carboxylic acids is 6. The van der Waals surface area contributed by atoms with Crippen molar-refractivity contribution < 1.29 is 66.1 Å². The number of rotatable bonds is 29. The van der Waals surface area contributed by atoms with Crippen LogP contribution < -0.4 is 28.3 Å². The number of nitrogens with two attached hydrogens (primary N) is 4. The number of nitrogens with zero attached hydrogens (tertiary/aromatic N) is 4. The van der Waals surface area contributed by atoms with Crippen LogP contribution in [0.1, 0.15) is 98.6 Å². The molecule has 19 nitrogen and oxygen atoms in total. The van der Waals surface area contributed by atoms with Gasteiger partial charge < -0.3 is 38.5 Å². The normalized spacial score (nSPS) is 11.7. The van der Waals surface area contributed by atoms with Crippen LogP contribution in [0.25, 0.3) is 21.8 Å². The number of hydrogen-bond acceptors (Lipinski definition) is 12. The molecule has 27 heteroatoms. The summed E-state index contributed by atoms with van der Waals surface area (Å²) in [5.41, 5.74) is 28.9. The summed E-state index contributed by atoms with van der Waals surface area (Å²) in [5.74, 6) is -5.93. The first-order chi connectivity index (χ1) is 55.5. The Kier molecular flexibility index (Phi) is 36.8. The Morgan fingerprint density at radius 3 is 1.10 bits per heavy atom. The standard InChI is InChI=1S/C27H24ClFN4O3.C18H18ClFO.C17H17ClFNO.C10H9N3O3.C10H12O2.C7H7ClFN/c28-20-11-6-9-18(25(20)29)13-14-23(34)21(15-17-7-2-1-3-8-17)31-24(35)16-33-22-12-5-4-10-19(22)26(32-33)27(30)36;1-13(12-14-6-3-2-4-7-14)17(21)11-10-15-8-5-9-16(19)18(15)20;18-14-8-4-7-13(17(14)19)9-10-16(21)15(20)11-12-5-2-1-3-6-12;11-10(16)9-6-3-1-2-4-7(6)13(12-9)5-8(14)15;1-8(10(11)12)7-9-5-3-2-4-6-9;8-6-3-1-2-5(4-10)7(6)9/h1-12,21H,13-16H2,(H2,30,36)(H,31,35);2-9,13H,10-12H2,1H3;1-8,15H,9-11,20H2;1-4H,5H2,(H2,11,16)(H,14,15);2-6,8H,7H2,1H3,(H,11,12);1-3H,4,10H2/t21-;13-;15-;;8-;/m000.0./s1. The summed E-state index contributed by atoms with van der Waals surface area (Å²) in [4.78, 5) is 94.4. The predicted molar refractivity (Wildman–Crippen MR) is 444 cm³/mol. The molecule has 11 N–H and O–H groups in total. The molecule has 0 fully saturated rings. The highest BCUT2D eigenvalue weighted by molar-refractivity contribution is 6.31. The van der Waals surface area contributed by atoms with Crippen molar-refractivity contribution in [2.75, 3.05) is 0 Å². The molecule has 3 amide bonds. The summed E-state index contributed by atoms with van der Waals surface area (Å²) in [6.07, 6.45) is 3.53. The fourth-order valence-electron chi connectivity index (χ4n) is 11.9. The molecule has 12 aromatic rings. The van der Waals surface area contributed by atoms with Gasteiger partial charge in [0.1, 0.15) is 47.9 Å². The number of amides is 3. The van der Waals surface area contributed by atoms with E-state index in [1.807, 2.05) is 128 Å². The number of aliphatic carboxylic acids is 2. The molecule has 0 aliphatic rings. The molecule has 0 spiro atoms. The maximum absolute atomic E-state index is 14.3. The number of hydrogen-bond donors (Lipinski definition) is 7. The molecule has 0 aliphatic carbocycles. The van der Waals surface area contributed by atoms with E-state index >= 15 is 0 Å². The lowest BCUT2D eigenvalue weighted by Gasteiger charge is -2.18. The fraction of sp³-hybridized carbons (Fsp3) is 0.213. The van der Waals surface area contributed by atoms with Gasteiger partial charge in [-0.3, -0.25) is 47.7 Å². The first-order valence-corrected chi connectivity index (χ1v) is 38.2. The zero-order valence-corrected chi connectivity index (χ0v) is 66.4. The average Bonchev–Trinajstić information content (AvgIpc) is 1.65. The first-order valence-electron chi connectivity index (χ1n) is 36.7. The lowest BCUT2D eigenvalue weighted by molar-refractivity contribution is -0.141. The molecule has 0 unspecified atom stereocenters. The lowest BCUT2D eigenvalue weighted by atomic mass is 9.93. The van der Waals surface area contributed by atoms with Crippen LogP contribution in [-0.4, -0.2) is 88.9 Å². The summed E-state index contributed by atoms with van der Waals surface area (Å²) in [7, 11) is 0. The van der Waals surface area contributed by atoms with Gasteiger partial charge in [0.15, 0.2) is 17.2 Å². The second-order valence-electron chi connectivity index (χ2n) is 26.7. The quantitative estimate of drug-likeness (QED) is 0.0214. The van der Waals surface area contributed by atoms with Crippen LogP contribution in [0.3, 0.4) is 0 Å². The molecular formula is C89H87Cl4F4N9O10. The number of halogens is 8. The number of carboxylic acid groups (broad SMARTS) is 2. The molecule has 0 bridgehead atoms. The maximum atomic E-state index is 14.3. The van der Waals surface area contributed by atoms with Crippen LogP contribution in [0.2, 0.25) is 20.1 Å². The van der Waals surface area contributed by atoms with E-state index in [0.717, 1.165) is 28.7 Å². The van der Waals surface area contributed by atoms with Crippen LogP contribution in [0.4, 0.5) is 17.6 Å². The van der Waals surface area contributed by atoms with Gasteiger partial charge in [0.05, 0.1) is 49.1 Å². The number of aryl methyl sites for hydroxylation is 3. The third-order valence-electron chi connectivity index (χ3n) is 18.1. The summed E-state index contributed by atoms with van der Waals surface area (Å²) in [6.45, 7) is 3.31. The lowest BCUT2D eigenvalue weighted by Crippen LogP contribution is -2.44. The second kappa shape index (κ2) is 46.6. The monoisotopic (exact) mass is 1660 g/mol. The third-order valence-corrected chi connectivity index (χ3v) is 19.3. The van der Waals surface area contributed by atoms with E-state index in [2.05, 4.69) is 15.5 Å². The number of Topliss-reactive ketones (excluding diaryl/α,β-unsaturated/α-hetero) is 3. The smallest absolute Gasteiger partial charge is 0.325 e. The maximum Gasteiger partial charge on any atom is 0.325 e. The number of benzene rings is 10. The van der Waals surface area contributed by atoms with Crippen molar-refractivity contribution in [1.82, 2.24) is 24.9 Å². The van der Waals surface area contributed by atoms with Crippen LogP contribution in [0, 0.1) is 35.1 Å². The van der Waals surface area contributed by atoms with Gasteiger partial charge >= 0.3 is 11.9 Å². The fourth-order valence-corrected chi connectivity index (χ4v) is 12.7. The summed E-state index contributed by atoms with van der Waals surface area (Å²) < 4.78 is 57.2. The van der Waals surface area contributed by atoms with E-state index in [1.54, 1.807) is 104 Å². The van der Waals surface area contributed by atoms with Crippen LogP contribution in [0.15, 0.2) is 243 Å². The van der Waals surface area contributed by atoms with Crippen molar-refractivity contribution in [2.45, 2.75) is 110 Å². The Hall–Kier alpha value is -11.7. The van der Waals surface area contributed by atoms with E-state index in [4.69, 9.17) is 79.6 Å². The second-order valence-corrected chi connectivity index (χ2v) is 28.4. The molecular weight excluding hydrogens is 1570 g/mol. The van der Waals surface area contributed by atoms with Crippen molar-refractivity contribution in [3.63, 3.8) is 0 Å². The number of ketones is 3. The molecule has 604 valence electrons. The van der Waals surface area contributed by atoms with Gasteiger partial charge in [0.2, 0.25) is 5.91 Å². The highest BCUT2D eigenvalue weighted by Gasteiger charge is 2.25. The molecule has 12 rings (SSSR count). The molecule has 0 radical (unpaired) electrons. The number of carbonyl (C=O) groups is 8. The van der Waals surface area contributed by atoms with Gasteiger partial charge in [0, 0.05) is 48.1 Å². The van der Waals surface area contributed by atoms with E-state index in [0.29, 0.717) is 76.2 Å². The van der Waals surface area contributed by atoms with E-state index in [1.165, 1.54) is 33.6 Å². The van der Waals surface area contributed by atoms with Gasteiger partial charge in [-0.05, 0) is 120 Å². The summed E-state index contributed by atoms with van der Waals surface area (Å²) >= 11 is 22.8. The zero-order chi connectivity index (χ0) is 84.4. The van der Waals surface area contributed by atoms with Crippen molar-refractivity contribution >= 4 is 115 Å². The topological polar surface area (TPSA) is 329 Å². The van der Waals surface area contributed by atoms with Crippen LogP contribution >= 0.6 is 46.4 Å². The number of carboxylic acids is 2. The molecule has 2 aromatic heterocycles. The Balaban J connectivity index is 0.000000203. The van der Waals surface area contributed by atoms with Crippen LogP contribution in [-0.2, 0) is 93.3 Å². The van der Waals surface area contributed by atoms with E-state index < -0.39 is 65.0 Å². The average molecular weight is 1660 g/mol. The first kappa shape index (κ1) is 91.5. The van der Waals surface area contributed by atoms with Crippen molar-refractivity contribution in [3.05, 3.63) is 342 Å². The van der Waals surface area contributed by atoms with Crippen molar-refractivity contribution in [3.8, 4) is 0 Å². The van der Waals surface area contributed by atoms with Crippen LogP contribution in [0.5, 0.6) is 0 Å². The zero-order valence-electron chi connectivity index (χ0n) is 63.4. The molecule has 4 atom stereocenters. The molecule has 116 heavy (non-hydrogen) atoms. The van der Waals surface area contributed by atoms with Gasteiger partial charge in [0.25, 0.3) is 11.8 Å². The summed E-state index contributed by atoms with van der Waals surface area (Å²) in [5, 5.41) is 29.6. The van der Waals surface area contributed by atoms with E-state index in [-0.39, 0.29) is 106 Å². The van der Waals surface area contributed by atoms with Crippen molar-refractivity contribution in [1.29, 1.82) is 0 Å². The Labute approximate surface area is 688 Å². The Morgan fingerprint density at radius 1 is 0.405 bits per heavy atom. The number of para-hydroxylation sites is 2. The number of fused-ring (bicyclic) bond motifs is 2. The van der Waals surface area contributed by atoms with Gasteiger partial charge in [-0.2, -0.15) is 10.2 Å². The molecule has 0 aliphatic heterocycles. The number of primary amides is 2. The van der Waals surface area contributed by atoms with E-state index in [9.17, 15) is 55.9 Å². The highest BCUT2D eigenvalue weighted by atomic mass is 35.5. The molecule has 2 heterocycles. The summed E-state index contributed by atoms with van der Waals surface area (Å²) in [6, 6.07) is 70.0. The minimum Gasteiger partial charge on any atom is -0.481 e. The third kappa shape index (κ3) is 28.7. The molecule has 0 saturated heterocycles. The van der Waals surface area contributed by atoms with Gasteiger partial charge in [-0.1, -0.05) is 267 Å². The minimum absolute atomic E-state index is 0.00383. The Bertz CT molecular complexity index is 5190. The molecule has 10 aromatic carbocycles.